The van der Waals surface area contributed by atoms with Crippen molar-refractivity contribution in [3.8, 4) is 0 Å². The zero-order chi connectivity index (χ0) is 28.0. The number of hydrogen-bond donors (Lipinski definition) is 3. The number of fused-ring (bicyclic) bond motifs is 1. The number of amides is 3. The number of carbonyl (C=O) groups is 3. The molecule has 0 saturated carbocycles. The average Bonchev–Trinajstić information content (AvgIpc) is 3.43. The van der Waals surface area contributed by atoms with Crippen LogP contribution in [0.4, 0.5) is 5.95 Å². The highest BCUT2D eigenvalue weighted by molar-refractivity contribution is 14.1. The maximum atomic E-state index is 12.8. The highest BCUT2D eigenvalue weighted by atomic mass is 127. The van der Waals surface area contributed by atoms with E-state index in [1.165, 1.54) is 12.3 Å². The molecule has 3 aromatic heterocycles. The van der Waals surface area contributed by atoms with Gasteiger partial charge in [-0.25, -0.2) is 9.97 Å². The molecule has 13 nitrogen and oxygen atoms in total. The third kappa shape index (κ3) is 6.62. The fourth-order valence-electron chi connectivity index (χ4n) is 3.54. The number of aryl methyl sites for hydroxylation is 2. The molecule has 0 spiro atoms. The van der Waals surface area contributed by atoms with Gasteiger partial charge in [0.2, 0.25) is 17.8 Å². The van der Waals surface area contributed by atoms with Crippen molar-refractivity contribution in [3.63, 3.8) is 0 Å². The summed E-state index contributed by atoms with van der Waals surface area (Å²) in [4.78, 5) is 51.3. The van der Waals surface area contributed by atoms with E-state index < -0.39 is 11.8 Å². The molecule has 3 amide bonds. The number of primary amides is 1. The molecular weight excluding hydrogens is 603 g/mol. The molecule has 0 atom stereocenters. The van der Waals surface area contributed by atoms with E-state index >= 15 is 0 Å². The number of aliphatic imine (C=N–C) groups is 1. The monoisotopic (exact) mass is 632 g/mol. The maximum absolute atomic E-state index is 12.8. The first kappa shape index (κ1) is 28.5. The molecule has 200 valence electrons. The minimum absolute atomic E-state index is 0.209. The van der Waals surface area contributed by atoms with Crippen LogP contribution in [-0.4, -0.2) is 73.5 Å². The first-order valence-electron chi connectivity index (χ1n) is 11.6. The normalized spacial score (nSPS) is 11.7. The summed E-state index contributed by atoms with van der Waals surface area (Å²) >= 11 is 1.82. The predicted molar refractivity (Wildman–Crippen MR) is 153 cm³/mol. The SMILES string of the molecule is C=C(I)C(=O)Nc1nc2cc(C(N)=O)cnc2n1C/C=C/CN(C)/C(=N\C)NC(=O)c1cc(C)nn1CC. The van der Waals surface area contributed by atoms with Crippen LogP contribution < -0.4 is 16.4 Å². The van der Waals surface area contributed by atoms with Crippen LogP contribution in [0, 0.1) is 6.92 Å². The van der Waals surface area contributed by atoms with Crippen LogP contribution in [0.1, 0.15) is 33.5 Å². The molecule has 4 N–H and O–H groups in total. The number of nitrogens with two attached hydrogens (primary N) is 1. The lowest BCUT2D eigenvalue weighted by molar-refractivity contribution is -0.112. The first-order valence-corrected chi connectivity index (χ1v) is 12.6. The molecule has 38 heavy (non-hydrogen) atoms. The van der Waals surface area contributed by atoms with E-state index in [9.17, 15) is 14.4 Å². The Hall–Kier alpha value is -4.08. The third-order valence-electron chi connectivity index (χ3n) is 5.41. The molecule has 0 aromatic carbocycles. The van der Waals surface area contributed by atoms with Gasteiger partial charge in [0.25, 0.3) is 11.8 Å². The van der Waals surface area contributed by atoms with Gasteiger partial charge in [0.05, 0.1) is 14.8 Å². The molecule has 0 radical (unpaired) electrons. The lowest BCUT2D eigenvalue weighted by Crippen LogP contribution is -2.42. The van der Waals surface area contributed by atoms with E-state index in [-0.39, 0.29) is 21.0 Å². The molecule has 0 aliphatic rings. The van der Waals surface area contributed by atoms with Crippen molar-refractivity contribution in [2.45, 2.75) is 26.9 Å². The number of allylic oxidation sites excluding steroid dienone is 1. The summed E-state index contributed by atoms with van der Waals surface area (Å²) < 4.78 is 3.62. The van der Waals surface area contributed by atoms with Crippen molar-refractivity contribution < 1.29 is 14.4 Å². The fourth-order valence-corrected chi connectivity index (χ4v) is 3.67. The van der Waals surface area contributed by atoms with Crippen molar-refractivity contribution in [2.75, 3.05) is 26.0 Å². The van der Waals surface area contributed by atoms with Crippen molar-refractivity contribution in [3.05, 3.63) is 57.6 Å². The van der Waals surface area contributed by atoms with E-state index in [0.29, 0.717) is 42.5 Å². The van der Waals surface area contributed by atoms with Gasteiger partial charge in [-0.3, -0.25) is 39.3 Å². The molecule has 3 rings (SSSR count). The number of halogens is 1. The summed E-state index contributed by atoms with van der Waals surface area (Å²) in [5.41, 5.74) is 7.66. The number of rotatable bonds is 9. The number of carbonyl (C=O) groups excluding carboxylic acids is 3. The third-order valence-corrected chi connectivity index (χ3v) is 5.90. The van der Waals surface area contributed by atoms with Crippen molar-refractivity contribution in [1.82, 2.24) is 34.5 Å². The second-order valence-corrected chi connectivity index (χ2v) is 9.48. The number of aromatic nitrogens is 5. The summed E-state index contributed by atoms with van der Waals surface area (Å²) in [6.45, 7) is 8.70. The van der Waals surface area contributed by atoms with Gasteiger partial charge in [-0.05, 0) is 48.6 Å². The summed E-state index contributed by atoms with van der Waals surface area (Å²) in [5.74, 6) is -0.685. The van der Waals surface area contributed by atoms with Gasteiger partial charge in [0.1, 0.15) is 11.2 Å². The van der Waals surface area contributed by atoms with E-state index in [4.69, 9.17) is 5.73 Å². The Morgan fingerprint density at radius 1 is 1.29 bits per heavy atom. The highest BCUT2D eigenvalue weighted by Gasteiger charge is 2.18. The van der Waals surface area contributed by atoms with Crippen LogP contribution in [0.25, 0.3) is 11.2 Å². The molecule has 3 aromatic rings. The fraction of sp³-hybridized carbons (Fsp3) is 0.292. The number of likely N-dealkylation sites (N-methyl/N-ethyl adjacent to an activating group) is 1. The van der Waals surface area contributed by atoms with Crippen molar-refractivity contribution in [2.24, 2.45) is 10.7 Å². The largest absolute Gasteiger partial charge is 0.366 e. The van der Waals surface area contributed by atoms with Crippen LogP contribution in [0.15, 0.2) is 45.6 Å². The van der Waals surface area contributed by atoms with Crippen LogP contribution >= 0.6 is 22.6 Å². The minimum Gasteiger partial charge on any atom is -0.366 e. The summed E-state index contributed by atoms with van der Waals surface area (Å²) in [5, 5.41) is 9.84. The van der Waals surface area contributed by atoms with Crippen LogP contribution in [0.5, 0.6) is 0 Å². The standard InChI is InChI=1S/C24H29IN10O3/c1-6-35-18(11-14(2)32-35)22(38)31-23(27-4)33(5)9-7-8-10-34-20-17(12-16(13-28-20)19(26)36)29-24(34)30-21(37)15(3)25/h7-8,11-13H,3,6,9-10H2,1-2,4-5H3,(H2,26,36)(H,27,31,38)(H,29,30,37)/b8-7+. The molecule has 0 aliphatic carbocycles. The Morgan fingerprint density at radius 2 is 2.03 bits per heavy atom. The number of pyridine rings is 1. The molecule has 0 fully saturated rings. The van der Waals surface area contributed by atoms with Crippen molar-refractivity contribution in [1.29, 1.82) is 0 Å². The minimum atomic E-state index is -0.627. The van der Waals surface area contributed by atoms with E-state index in [2.05, 4.69) is 37.3 Å². The highest BCUT2D eigenvalue weighted by Crippen LogP contribution is 2.20. The summed E-state index contributed by atoms with van der Waals surface area (Å²) in [6.07, 6.45) is 5.10. The smallest absolute Gasteiger partial charge is 0.276 e. The average molecular weight is 632 g/mol. The molecule has 14 heteroatoms. The number of anilines is 1. The van der Waals surface area contributed by atoms with Gasteiger partial charge in [-0.15, -0.1) is 0 Å². The summed E-state index contributed by atoms with van der Waals surface area (Å²) in [6, 6.07) is 3.25. The predicted octanol–water partition coefficient (Wildman–Crippen LogP) is 1.85. The zero-order valence-electron chi connectivity index (χ0n) is 21.5. The molecule has 0 saturated heterocycles. The van der Waals surface area contributed by atoms with E-state index in [1.807, 2.05) is 48.6 Å². The second kappa shape index (κ2) is 12.4. The van der Waals surface area contributed by atoms with Crippen molar-refractivity contribution >= 4 is 63.4 Å². The van der Waals surface area contributed by atoms with Gasteiger partial charge in [0.15, 0.2) is 5.65 Å². The number of imidazole rings is 1. The molecule has 3 heterocycles. The molecule has 0 unspecified atom stereocenters. The molecule has 0 bridgehead atoms. The number of hydrogen-bond acceptors (Lipinski definition) is 7. The Bertz CT molecular complexity index is 1450. The Labute approximate surface area is 233 Å². The van der Waals surface area contributed by atoms with E-state index in [1.54, 1.807) is 34.3 Å². The van der Waals surface area contributed by atoms with Gasteiger partial charge in [-0.2, -0.15) is 5.10 Å². The first-order chi connectivity index (χ1) is 18.0. The van der Waals surface area contributed by atoms with Crippen LogP contribution in [0.3, 0.4) is 0 Å². The lowest BCUT2D eigenvalue weighted by atomic mass is 10.2. The Balaban J connectivity index is 1.74. The summed E-state index contributed by atoms with van der Waals surface area (Å²) in [7, 11) is 3.39. The lowest BCUT2D eigenvalue weighted by Gasteiger charge is -2.20. The van der Waals surface area contributed by atoms with Crippen LogP contribution in [-0.2, 0) is 17.9 Å². The Kier molecular flexibility index (Phi) is 9.33. The quantitative estimate of drug-likeness (QED) is 0.107. The zero-order valence-corrected chi connectivity index (χ0v) is 23.7. The number of nitrogens with one attached hydrogen (secondary N) is 2. The van der Waals surface area contributed by atoms with Gasteiger partial charge in [0, 0.05) is 39.9 Å². The number of guanidine groups is 1. The van der Waals surface area contributed by atoms with E-state index in [0.717, 1.165) is 5.69 Å². The molecular formula is C24H29IN10O3. The van der Waals surface area contributed by atoms with Gasteiger partial charge >= 0.3 is 0 Å². The number of nitrogens with zero attached hydrogens (tertiary/aromatic N) is 7. The van der Waals surface area contributed by atoms with Gasteiger partial charge < -0.3 is 10.6 Å². The second-order valence-electron chi connectivity index (χ2n) is 8.18. The molecule has 0 aliphatic heterocycles. The Morgan fingerprint density at radius 3 is 2.66 bits per heavy atom. The van der Waals surface area contributed by atoms with Crippen LogP contribution in [0.2, 0.25) is 0 Å². The topological polar surface area (TPSA) is 165 Å². The maximum Gasteiger partial charge on any atom is 0.276 e. The van der Waals surface area contributed by atoms with Gasteiger partial charge in [-0.1, -0.05) is 18.7 Å².